The zero-order valence-electron chi connectivity index (χ0n) is 19.6. The number of ether oxygens (including phenoxy) is 3. The molecule has 36 heavy (non-hydrogen) atoms. The van der Waals surface area contributed by atoms with Gasteiger partial charge in [0, 0.05) is 43.7 Å². The quantitative estimate of drug-likeness (QED) is 0.458. The lowest BCUT2D eigenvalue weighted by atomic mass is 10.0. The first-order valence-corrected chi connectivity index (χ1v) is 12.7. The van der Waals surface area contributed by atoms with E-state index in [-0.39, 0.29) is 24.1 Å². The molecule has 0 atom stereocenters. The summed E-state index contributed by atoms with van der Waals surface area (Å²) in [6, 6.07) is 17.0. The number of hydrogen-bond donors (Lipinski definition) is 1. The molecule has 0 saturated carbocycles. The number of halogens is 1. The molecule has 1 N–H and O–H groups in total. The number of fused-ring (bicyclic) bond motifs is 2. The van der Waals surface area contributed by atoms with Gasteiger partial charge in [-0.05, 0) is 53.6 Å². The molecule has 0 radical (unpaired) electrons. The van der Waals surface area contributed by atoms with Crippen LogP contribution < -0.4 is 14.2 Å². The predicted molar refractivity (Wildman–Crippen MR) is 138 cm³/mol. The van der Waals surface area contributed by atoms with Gasteiger partial charge in [0.1, 0.15) is 11.5 Å². The summed E-state index contributed by atoms with van der Waals surface area (Å²) < 4.78 is 17.9. The molecule has 7 nitrogen and oxygen atoms in total. The number of phenols is 1. The highest BCUT2D eigenvalue weighted by Gasteiger charge is 2.32. The Kier molecular flexibility index (Phi) is 6.17. The maximum absolute atomic E-state index is 13.0. The highest BCUT2D eigenvalue weighted by atomic mass is 79.9. The largest absolute Gasteiger partial charge is 0.507 e. The van der Waals surface area contributed by atoms with Crippen LogP contribution in [0.3, 0.4) is 0 Å². The number of aromatic hydroxyl groups is 1. The summed E-state index contributed by atoms with van der Waals surface area (Å²) in [7, 11) is 0. The lowest BCUT2D eigenvalue weighted by Gasteiger charge is -2.35. The molecule has 0 aromatic heterocycles. The lowest BCUT2D eigenvalue weighted by Crippen LogP contribution is -2.45. The van der Waals surface area contributed by atoms with E-state index in [9.17, 15) is 9.90 Å². The first-order valence-electron chi connectivity index (χ1n) is 11.9. The van der Waals surface area contributed by atoms with Crippen LogP contribution in [0.25, 0.3) is 6.08 Å². The summed E-state index contributed by atoms with van der Waals surface area (Å²) in [5.74, 6) is 2.32. The zero-order chi connectivity index (χ0) is 24.6. The van der Waals surface area contributed by atoms with Crippen molar-refractivity contribution in [3.63, 3.8) is 0 Å². The first-order chi connectivity index (χ1) is 17.5. The van der Waals surface area contributed by atoms with E-state index in [0.29, 0.717) is 23.4 Å². The van der Waals surface area contributed by atoms with Gasteiger partial charge in [0.2, 0.25) is 12.6 Å². The Labute approximate surface area is 217 Å². The fraction of sp³-hybridized carbons (Fsp3) is 0.250. The summed E-state index contributed by atoms with van der Waals surface area (Å²) in [6.45, 7) is 5.15. The van der Waals surface area contributed by atoms with Crippen molar-refractivity contribution in [1.29, 1.82) is 0 Å². The van der Waals surface area contributed by atoms with Crippen molar-refractivity contribution in [3.8, 4) is 23.0 Å². The van der Waals surface area contributed by atoms with Crippen molar-refractivity contribution in [2.75, 3.05) is 33.0 Å². The monoisotopic (exact) mass is 548 g/mol. The zero-order valence-corrected chi connectivity index (χ0v) is 21.2. The van der Waals surface area contributed by atoms with Gasteiger partial charge in [-0.15, -0.1) is 0 Å². The van der Waals surface area contributed by atoms with Gasteiger partial charge in [-0.25, -0.2) is 0 Å². The van der Waals surface area contributed by atoms with Crippen LogP contribution in [0.1, 0.15) is 27.0 Å². The number of carbonyl (C=O) groups excluding carboxylic acids is 1. The number of carbonyl (C=O) groups is 1. The van der Waals surface area contributed by atoms with Crippen molar-refractivity contribution in [2.45, 2.75) is 13.1 Å². The van der Waals surface area contributed by atoms with Crippen molar-refractivity contribution < 1.29 is 24.1 Å². The molecule has 0 amide bonds. The van der Waals surface area contributed by atoms with Gasteiger partial charge in [-0.1, -0.05) is 34.1 Å². The molecule has 3 aliphatic rings. The molecule has 0 unspecified atom stereocenters. The molecule has 0 aliphatic carbocycles. The van der Waals surface area contributed by atoms with Crippen LogP contribution in [0.15, 0.2) is 64.8 Å². The van der Waals surface area contributed by atoms with Crippen LogP contribution in [0.2, 0.25) is 0 Å². The SMILES string of the molecule is O=C1/C(=C/c2cccc(Br)c2)Oc2c1ccc(O)c2CN1CCN(Cc2ccc3c(c2)OCO3)CC1. The number of nitrogens with zero attached hydrogens (tertiary/aromatic N) is 2. The Bertz CT molecular complexity index is 1360. The lowest BCUT2D eigenvalue weighted by molar-refractivity contribution is 0.101. The van der Waals surface area contributed by atoms with Gasteiger partial charge in [0.05, 0.1) is 11.1 Å². The predicted octanol–water partition coefficient (Wildman–Crippen LogP) is 4.82. The molecular weight excluding hydrogens is 524 g/mol. The fourth-order valence-corrected chi connectivity index (χ4v) is 5.24. The van der Waals surface area contributed by atoms with Gasteiger partial charge < -0.3 is 19.3 Å². The van der Waals surface area contributed by atoms with E-state index >= 15 is 0 Å². The number of Topliss-reactive ketones (excluding diaryl/α,β-unsaturated/α-hetero) is 1. The minimum absolute atomic E-state index is 0.146. The van der Waals surface area contributed by atoms with Crippen molar-refractivity contribution >= 4 is 27.8 Å². The second kappa shape index (κ2) is 9.61. The van der Waals surface area contributed by atoms with Gasteiger partial charge >= 0.3 is 0 Å². The molecule has 1 saturated heterocycles. The molecule has 3 heterocycles. The number of piperazine rings is 1. The third-order valence-electron chi connectivity index (χ3n) is 6.75. The van der Waals surface area contributed by atoms with Crippen LogP contribution in [0, 0.1) is 0 Å². The summed E-state index contributed by atoms with van der Waals surface area (Å²) >= 11 is 3.46. The third kappa shape index (κ3) is 4.59. The molecule has 8 heteroatoms. The van der Waals surface area contributed by atoms with E-state index < -0.39 is 0 Å². The number of benzene rings is 3. The summed E-state index contributed by atoms with van der Waals surface area (Å²) in [6.07, 6.45) is 1.74. The van der Waals surface area contributed by atoms with Crippen LogP contribution in [0.4, 0.5) is 0 Å². The number of hydrogen-bond acceptors (Lipinski definition) is 7. The third-order valence-corrected chi connectivity index (χ3v) is 7.25. The topological polar surface area (TPSA) is 71.5 Å². The summed E-state index contributed by atoms with van der Waals surface area (Å²) in [5.41, 5.74) is 3.21. The van der Waals surface area contributed by atoms with Gasteiger partial charge in [0.25, 0.3) is 0 Å². The second-order valence-electron chi connectivity index (χ2n) is 9.17. The van der Waals surface area contributed by atoms with E-state index in [0.717, 1.165) is 54.3 Å². The minimum Gasteiger partial charge on any atom is -0.507 e. The Morgan fingerprint density at radius 2 is 1.69 bits per heavy atom. The Morgan fingerprint density at radius 1 is 0.917 bits per heavy atom. The molecule has 3 aromatic carbocycles. The van der Waals surface area contributed by atoms with Gasteiger partial charge in [-0.3, -0.25) is 14.6 Å². The van der Waals surface area contributed by atoms with Crippen LogP contribution in [-0.2, 0) is 13.1 Å². The first kappa shape index (κ1) is 23.1. The van der Waals surface area contributed by atoms with Crippen molar-refractivity contribution in [3.05, 3.63) is 87.1 Å². The highest BCUT2D eigenvalue weighted by molar-refractivity contribution is 9.10. The number of ketones is 1. The second-order valence-corrected chi connectivity index (χ2v) is 10.1. The molecule has 1 fully saturated rings. The van der Waals surface area contributed by atoms with Gasteiger partial charge in [-0.2, -0.15) is 0 Å². The molecule has 3 aliphatic heterocycles. The Hall–Kier alpha value is -3.33. The maximum atomic E-state index is 13.0. The Morgan fingerprint density at radius 3 is 2.50 bits per heavy atom. The molecular formula is C28H25BrN2O5. The number of rotatable bonds is 5. The highest BCUT2D eigenvalue weighted by Crippen LogP contribution is 2.40. The van der Waals surface area contributed by atoms with E-state index in [4.69, 9.17) is 14.2 Å². The molecule has 0 bridgehead atoms. The molecule has 3 aromatic rings. The molecule has 184 valence electrons. The average molecular weight is 549 g/mol. The Balaban J connectivity index is 1.13. The summed E-state index contributed by atoms with van der Waals surface area (Å²) in [4.78, 5) is 17.7. The van der Waals surface area contributed by atoms with Crippen molar-refractivity contribution in [2.24, 2.45) is 0 Å². The minimum atomic E-state index is -0.167. The maximum Gasteiger partial charge on any atom is 0.231 e. The normalized spacial score (nSPS) is 18.5. The van der Waals surface area contributed by atoms with Crippen LogP contribution in [-0.4, -0.2) is 53.7 Å². The summed E-state index contributed by atoms with van der Waals surface area (Å²) in [5, 5.41) is 10.7. The fourth-order valence-electron chi connectivity index (χ4n) is 4.82. The van der Waals surface area contributed by atoms with E-state index in [1.165, 1.54) is 5.56 Å². The van der Waals surface area contributed by atoms with Crippen LogP contribution >= 0.6 is 15.9 Å². The van der Waals surface area contributed by atoms with E-state index in [2.05, 4.69) is 31.8 Å². The van der Waals surface area contributed by atoms with Crippen molar-refractivity contribution in [1.82, 2.24) is 9.80 Å². The number of phenolic OH excluding ortho intramolecular Hbond substituents is 1. The van der Waals surface area contributed by atoms with E-state index in [1.54, 1.807) is 18.2 Å². The molecule has 0 spiro atoms. The van der Waals surface area contributed by atoms with Crippen LogP contribution in [0.5, 0.6) is 23.0 Å². The average Bonchev–Trinajstić information content (AvgIpc) is 3.46. The van der Waals surface area contributed by atoms with E-state index in [1.807, 2.05) is 36.4 Å². The standard InChI is InChI=1S/C28H25BrN2O5/c29-20-3-1-2-18(12-20)13-26-27(33)21-5-6-23(32)22(28(21)36-26)16-31-10-8-30(9-11-31)15-19-4-7-24-25(14-19)35-17-34-24/h1-7,12-14,32H,8-11,15-17H2/b26-13-. The number of allylic oxidation sites excluding steroid dienone is 1. The smallest absolute Gasteiger partial charge is 0.231 e. The molecule has 6 rings (SSSR count). The van der Waals surface area contributed by atoms with Gasteiger partial charge in [0.15, 0.2) is 17.3 Å².